The molecule has 3 atom stereocenters. The van der Waals surface area contributed by atoms with E-state index < -0.39 is 0 Å². The van der Waals surface area contributed by atoms with E-state index >= 15 is 0 Å². The summed E-state index contributed by atoms with van der Waals surface area (Å²) in [7, 11) is 0. The minimum absolute atomic E-state index is 0.0821. The molecule has 2 aliphatic rings. The highest BCUT2D eigenvalue weighted by Crippen LogP contribution is 2.44. The maximum Gasteiger partial charge on any atom is 0.0956 e. The average molecular weight is 294 g/mol. The molecule has 1 unspecified atom stereocenters. The number of nitrogens with zero attached hydrogens (tertiary/aromatic N) is 4. The van der Waals surface area contributed by atoms with Crippen molar-refractivity contribution in [3.63, 3.8) is 0 Å². The zero-order chi connectivity index (χ0) is 15.1. The van der Waals surface area contributed by atoms with Gasteiger partial charge in [0.25, 0.3) is 0 Å². The van der Waals surface area contributed by atoms with Crippen LogP contribution in [-0.2, 0) is 0 Å². The Balaban J connectivity index is 1.74. The summed E-state index contributed by atoms with van der Waals surface area (Å²) >= 11 is 0. The van der Waals surface area contributed by atoms with E-state index in [1.807, 2.05) is 24.7 Å². The fourth-order valence-corrected chi connectivity index (χ4v) is 3.90. The number of benzene rings is 1. The van der Waals surface area contributed by atoms with Crippen molar-refractivity contribution in [3.8, 4) is 17.3 Å². The lowest BCUT2D eigenvalue weighted by molar-refractivity contribution is 0.0149. The van der Waals surface area contributed by atoms with Crippen LogP contribution in [0.2, 0.25) is 0 Å². The van der Waals surface area contributed by atoms with Crippen LogP contribution < -0.4 is 0 Å². The predicted molar refractivity (Wildman–Crippen MR) is 82.0 cm³/mol. The molecule has 1 N–H and O–H groups in total. The molecule has 0 aliphatic carbocycles. The maximum atomic E-state index is 10.6. The SMILES string of the molecule is N#CCN1CC[C@@H](O)[C@H](C2c3ccccc3-c3cncn32)C1. The Kier molecular flexibility index (Phi) is 3.21. The third-order valence-corrected chi connectivity index (χ3v) is 4.93. The number of nitriles is 1. The smallest absolute Gasteiger partial charge is 0.0956 e. The third kappa shape index (κ3) is 1.96. The topological polar surface area (TPSA) is 65.1 Å². The standard InChI is InChI=1S/C17H18N4O/c18-6-8-20-7-5-16(22)14(10-20)17-13-4-2-1-3-12(13)15-9-19-11-21(15)17/h1-4,9,11,14,16-17,22H,5,7-8,10H2/t14-,16-,17?/m1/s1. The lowest BCUT2D eigenvalue weighted by Gasteiger charge is -2.38. The van der Waals surface area contributed by atoms with Crippen molar-refractivity contribution in [2.75, 3.05) is 19.6 Å². The molecule has 22 heavy (non-hydrogen) atoms. The quantitative estimate of drug-likeness (QED) is 0.856. The summed E-state index contributed by atoms with van der Waals surface area (Å²) in [5, 5.41) is 19.5. The van der Waals surface area contributed by atoms with Crippen LogP contribution >= 0.6 is 0 Å². The van der Waals surface area contributed by atoms with E-state index in [0.29, 0.717) is 6.54 Å². The minimum atomic E-state index is -0.346. The van der Waals surface area contributed by atoms with Gasteiger partial charge < -0.3 is 9.67 Å². The van der Waals surface area contributed by atoms with Gasteiger partial charge in [0.05, 0.1) is 43.0 Å². The van der Waals surface area contributed by atoms with Crippen LogP contribution in [0.3, 0.4) is 0 Å². The lowest BCUT2D eigenvalue weighted by Crippen LogP contribution is -2.46. The molecule has 0 amide bonds. The van der Waals surface area contributed by atoms with Gasteiger partial charge in [-0.25, -0.2) is 4.98 Å². The van der Waals surface area contributed by atoms with Crippen molar-refractivity contribution < 1.29 is 5.11 Å². The first-order valence-electron chi connectivity index (χ1n) is 7.68. The van der Waals surface area contributed by atoms with Crippen molar-refractivity contribution in [1.82, 2.24) is 14.5 Å². The number of likely N-dealkylation sites (tertiary alicyclic amines) is 1. The second kappa shape index (κ2) is 5.24. The summed E-state index contributed by atoms with van der Waals surface area (Å²) in [6.07, 6.45) is 4.12. The first-order chi connectivity index (χ1) is 10.8. The predicted octanol–water partition coefficient (Wildman–Crippen LogP) is 1.66. The molecule has 0 spiro atoms. The van der Waals surface area contributed by atoms with Crippen LogP contribution in [-0.4, -0.2) is 45.3 Å². The van der Waals surface area contributed by atoms with Crippen LogP contribution in [0.5, 0.6) is 0 Å². The number of aliphatic hydroxyl groups is 1. The molecule has 1 aromatic carbocycles. The summed E-state index contributed by atoms with van der Waals surface area (Å²) in [4.78, 5) is 6.42. The van der Waals surface area contributed by atoms with Gasteiger partial charge in [0.1, 0.15) is 0 Å². The summed E-state index contributed by atoms with van der Waals surface area (Å²) in [5.74, 6) is 0.0821. The zero-order valence-electron chi connectivity index (χ0n) is 12.3. The number of imidazole rings is 1. The monoisotopic (exact) mass is 294 g/mol. The zero-order valence-corrected chi connectivity index (χ0v) is 12.3. The Bertz CT molecular complexity index is 732. The Morgan fingerprint density at radius 2 is 2.23 bits per heavy atom. The molecule has 2 aliphatic heterocycles. The van der Waals surface area contributed by atoms with Crippen LogP contribution in [0.15, 0.2) is 36.8 Å². The van der Waals surface area contributed by atoms with Gasteiger partial charge in [-0.3, -0.25) is 4.90 Å². The van der Waals surface area contributed by atoms with Gasteiger partial charge in [0.15, 0.2) is 0 Å². The van der Waals surface area contributed by atoms with Crippen molar-refractivity contribution >= 4 is 0 Å². The van der Waals surface area contributed by atoms with Crippen LogP contribution in [0, 0.1) is 17.2 Å². The molecule has 112 valence electrons. The maximum absolute atomic E-state index is 10.6. The van der Waals surface area contributed by atoms with Crippen molar-refractivity contribution in [2.45, 2.75) is 18.6 Å². The number of piperidine rings is 1. The Morgan fingerprint density at radius 3 is 3.09 bits per heavy atom. The fraction of sp³-hybridized carbons (Fsp3) is 0.412. The summed E-state index contributed by atoms with van der Waals surface area (Å²) in [6.45, 7) is 1.95. The second-order valence-electron chi connectivity index (χ2n) is 6.13. The van der Waals surface area contributed by atoms with Crippen LogP contribution in [0.4, 0.5) is 0 Å². The largest absolute Gasteiger partial charge is 0.393 e. The Labute approximate surface area is 129 Å². The van der Waals surface area contributed by atoms with Crippen molar-refractivity contribution in [3.05, 3.63) is 42.4 Å². The normalized spacial score (nSPS) is 27.2. The van der Waals surface area contributed by atoms with Gasteiger partial charge in [0, 0.05) is 24.6 Å². The molecule has 3 heterocycles. The fourth-order valence-electron chi connectivity index (χ4n) is 3.90. The number of aliphatic hydroxyl groups excluding tert-OH is 1. The van der Waals surface area contributed by atoms with Crippen LogP contribution in [0.25, 0.3) is 11.3 Å². The second-order valence-corrected chi connectivity index (χ2v) is 6.13. The van der Waals surface area contributed by atoms with E-state index in [1.165, 1.54) is 11.1 Å². The molecule has 1 saturated heterocycles. The first-order valence-corrected chi connectivity index (χ1v) is 7.68. The molecule has 5 heteroatoms. The van der Waals surface area contributed by atoms with Gasteiger partial charge in [-0.1, -0.05) is 24.3 Å². The number of hydrogen-bond donors (Lipinski definition) is 1. The third-order valence-electron chi connectivity index (χ3n) is 4.93. The van der Waals surface area contributed by atoms with E-state index in [1.54, 1.807) is 0 Å². The number of hydrogen-bond acceptors (Lipinski definition) is 4. The van der Waals surface area contributed by atoms with E-state index in [-0.39, 0.29) is 18.1 Å². The first kappa shape index (κ1) is 13.5. The van der Waals surface area contributed by atoms with Crippen LogP contribution in [0.1, 0.15) is 18.0 Å². The Morgan fingerprint density at radius 1 is 1.36 bits per heavy atom. The highest BCUT2D eigenvalue weighted by atomic mass is 16.3. The summed E-state index contributed by atoms with van der Waals surface area (Å²) < 4.78 is 2.18. The van der Waals surface area contributed by atoms with E-state index in [0.717, 1.165) is 25.2 Å². The highest BCUT2D eigenvalue weighted by Gasteiger charge is 2.40. The lowest BCUT2D eigenvalue weighted by atomic mass is 9.84. The van der Waals surface area contributed by atoms with Gasteiger partial charge in [-0.05, 0) is 12.0 Å². The van der Waals surface area contributed by atoms with Gasteiger partial charge in [0.2, 0.25) is 0 Å². The summed E-state index contributed by atoms with van der Waals surface area (Å²) in [6, 6.07) is 10.7. The van der Waals surface area contributed by atoms with E-state index in [2.05, 4.69) is 32.7 Å². The Hall–Kier alpha value is -2.16. The average Bonchev–Trinajstić information content (AvgIpc) is 3.10. The molecule has 1 aromatic heterocycles. The number of rotatable bonds is 2. The van der Waals surface area contributed by atoms with Gasteiger partial charge in [-0.15, -0.1) is 0 Å². The summed E-state index contributed by atoms with van der Waals surface area (Å²) in [5.41, 5.74) is 3.57. The van der Waals surface area contributed by atoms with E-state index in [4.69, 9.17) is 5.26 Å². The van der Waals surface area contributed by atoms with Crippen molar-refractivity contribution in [2.24, 2.45) is 5.92 Å². The molecule has 5 nitrogen and oxygen atoms in total. The highest BCUT2D eigenvalue weighted by molar-refractivity contribution is 5.69. The molecule has 2 aromatic rings. The minimum Gasteiger partial charge on any atom is -0.393 e. The van der Waals surface area contributed by atoms with Gasteiger partial charge in [-0.2, -0.15) is 5.26 Å². The molecular formula is C17H18N4O. The molecule has 0 radical (unpaired) electrons. The molecule has 0 saturated carbocycles. The van der Waals surface area contributed by atoms with E-state index in [9.17, 15) is 5.11 Å². The van der Waals surface area contributed by atoms with Crippen molar-refractivity contribution in [1.29, 1.82) is 5.26 Å². The van der Waals surface area contributed by atoms with Gasteiger partial charge >= 0.3 is 0 Å². The molecule has 0 bridgehead atoms. The number of aromatic nitrogens is 2. The molecule has 1 fully saturated rings. The number of fused-ring (bicyclic) bond motifs is 3. The molecule has 4 rings (SSSR count). The molecular weight excluding hydrogens is 276 g/mol.